The smallest absolute Gasteiger partial charge is 0.321 e. The zero-order valence-corrected chi connectivity index (χ0v) is 18.4. The normalized spacial score (nSPS) is 10.4. The Kier molecular flexibility index (Phi) is 8.88. The number of nitrogens with zero attached hydrogens (tertiary/aromatic N) is 4. The van der Waals surface area contributed by atoms with E-state index in [4.69, 9.17) is 11.0 Å². The van der Waals surface area contributed by atoms with Gasteiger partial charge in [0, 0.05) is 37.9 Å². The van der Waals surface area contributed by atoms with Crippen molar-refractivity contribution in [2.45, 2.75) is 39.5 Å². The van der Waals surface area contributed by atoms with Gasteiger partial charge < -0.3 is 20.9 Å². The standard InChI is InChI=1S/C22H31N7O2/c1-4-12-29(13-5-2)21(30)16-8-10-17(11-9-16)25-22(31)28(3)14-6-7-19-18(15-23)20(24)27-26-19/h8-11H,4-7,12-14H2,1-3H3,(H,25,31)(H3,24,26,27). The van der Waals surface area contributed by atoms with E-state index in [0.29, 0.717) is 41.9 Å². The molecular formula is C22H31N7O2. The molecule has 0 saturated carbocycles. The van der Waals surface area contributed by atoms with Gasteiger partial charge in [0.25, 0.3) is 5.91 Å². The largest absolute Gasteiger partial charge is 0.381 e. The van der Waals surface area contributed by atoms with Crippen molar-refractivity contribution in [2.24, 2.45) is 0 Å². The fraction of sp³-hybridized carbons (Fsp3) is 0.455. The molecule has 0 aliphatic rings. The monoisotopic (exact) mass is 425 g/mol. The molecule has 0 radical (unpaired) electrons. The molecule has 2 rings (SSSR count). The van der Waals surface area contributed by atoms with Crippen LogP contribution in [0, 0.1) is 11.3 Å². The third-order valence-corrected chi connectivity index (χ3v) is 4.91. The van der Waals surface area contributed by atoms with Gasteiger partial charge >= 0.3 is 6.03 Å². The minimum absolute atomic E-state index is 0.00914. The molecule has 0 spiro atoms. The molecule has 31 heavy (non-hydrogen) atoms. The number of urea groups is 1. The van der Waals surface area contributed by atoms with Crippen LogP contribution in [0.15, 0.2) is 24.3 Å². The summed E-state index contributed by atoms with van der Waals surface area (Å²) < 4.78 is 0. The summed E-state index contributed by atoms with van der Waals surface area (Å²) in [4.78, 5) is 28.5. The third-order valence-electron chi connectivity index (χ3n) is 4.91. The molecule has 4 N–H and O–H groups in total. The van der Waals surface area contributed by atoms with Crippen molar-refractivity contribution in [1.82, 2.24) is 20.0 Å². The lowest BCUT2D eigenvalue weighted by molar-refractivity contribution is 0.0755. The molecule has 2 aromatic rings. The maximum atomic E-state index is 12.6. The van der Waals surface area contributed by atoms with Crippen LogP contribution in [0.25, 0.3) is 0 Å². The van der Waals surface area contributed by atoms with Crippen molar-refractivity contribution < 1.29 is 9.59 Å². The van der Waals surface area contributed by atoms with E-state index in [1.165, 1.54) is 0 Å². The minimum Gasteiger partial charge on any atom is -0.381 e. The molecule has 1 aromatic heterocycles. The predicted octanol–water partition coefficient (Wildman–Crippen LogP) is 3.22. The number of carbonyl (C=O) groups is 2. The number of aromatic nitrogens is 2. The van der Waals surface area contributed by atoms with Crippen LogP contribution in [0.3, 0.4) is 0 Å². The number of aryl methyl sites for hydroxylation is 1. The molecule has 9 nitrogen and oxygen atoms in total. The summed E-state index contributed by atoms with van der Waals surface area (Å²) in [6.07, 6.45) is 3.04. The highest BCUT2D eigenvalue weighted by molar-refractivity contribution is 5.95. The second kappa shape index (κ2) is 11.6. The molecule has 3 amide bonds. The maximum absolute atomic E-state index is 12.6. The Labute approximate surface area is 183 Å². The average molecular weight is 426 g/mol. The number of aromatic amines is 1. The third kappa shape index (κ3) is 6.47. The Morgan fingerprint density at radius 1 is 1.16 bits per heavy atom. The number of H-pyrrole nitrogens is 1. The van der Waals surface area contributed by atoms with Gasteiger partial charge in [-0.1, -0.05) is 13.8 Å². The highest BCUT2D eigenvalue weighted by Crippen LogP contribution is 2.15. The first kappa shape index (κ1) is 23.7. The Morgan fingerprint density at radius 2 is 1.81 bits per heavy atom. The van der Waals surface area contributed by atoms with Gasteiger partial charge in [-0.3, -0.25) is 9.89 Å². The number of benzene rings is 1. The molecule has 1 aromatic carbocycles. The van der Waals surface area contributed by atoms with Crippen molar-refractivity contribution in [2.75, 3.05) is 37.7 Å². The van der Waals surface area contributed by atoms with E-state index in [1.807, 2.05) is 11.0 Å². The van der Waals surface area contributed by atoms with Gasteiger partial charge in [0.1, 0.15) is 11.6 Å². The number of nitrogen functional groups attached to an aromatic ring is 1. The molecule has 0 atom stereocenters. The molecule has 0 bridgehead atoms. The van der Waals surface area contributed by atoms with Gasteiger partial charge in [0.05, 0.1) is 5.69 Å². The van der Waals surface area contributed by atoms with E-state index in [1.54, 1.807) is 36.2 Å². The number of nitrogens with one attached hydrogen (secondary N) is 2. The molecule has 0 fully saturated rings. The molecule has 0 aliphatic carbocycles. The molecule has 0 saturated heterocycles. The van der Waals surface area contributed by atoms with Crippen molar-refractivity contribution in [3.05, 3.63) is 41.1 Å². The van der Waals surface area contributed by atoms with E-state index in [0.717, 1.165) is 25.9 Å². The quantitative estimate of drug-likeness (QED) is 0.538. The van der Waals surface area contributed by atoms with Crippen LogP contribution < -0.4 is 11.1 Å². The first-order valence-electron chi connectivity index (χ1n) is 10.5. The van der Waals surface area contributed by atoms with Crippen molar-refractivity contribution >= 4 is 23.4 Å². The number of carbonyl (C=O) groups excluding carboxylic acids is 2. The first-order chi connectivity index (χ1) is 14.9. The number of amides is 3. The summed E-state index contributed by atoms with van der Waals surface area (Å²) in [5.74, 6) is 0.202. The van der Waals surface area contributed by atoms with Crippen LogP contribution >= 0.6 is 0 Å². The van der Waals surface area contributed by atoms with E-state index < -0.39 is 0 Å². The average Bonchev–Trinajstić information content (AvgIpc) is 3.12. The lowest BCUT2D eigenvalue weighted by Gasteiger charge is -2.22. The SMILES string of the molecule is CCCN(CCC)C(=O)c1ccc(NC(=O)N(C)CCCc2[nH]nc(N)c2C#N)cc1. The fourth-order valence-electron chi connectivity index (χ4n) is 3.25. The Morgan fingerprint density at radius 3 is 2.39 bits per heavy atom. The van der Waals surface area contributed by atoms with Crippen LogP contribution in [-0.4, -0.2) is 58.6 Å². The molecule has 166 valence electrons. The van der Waals surface area contributed by atoms with Crippen molar-refractivity contribution in [3.8, 4) is 6.07 Å². The van der Waals surface area contributed by atoms with E-state index >= 15 is 0 Å². The van der Waals surface area contributed by atoms with Crippen molar-refractivity contribution in [3.63, 3.8) is 0 Å². The topological polar surface area (TPSA) is 131 Å². The summed E-state index contributed by atoms with van der Waals surface area (Å²) in [6, 6.07) is 8.74. The van der Waals surface area contributed by atoms with Gasteiger partial charge in [-0.15, -0.1) is 0 Å². The molecular weight excluding hydrogens is 394 g/mol. The number of anilines is 2. The van der Waals surface area contributed by atoms with Crippen LogP contribution in [0.2, 0.25) is 0 Å². The number of rotatable bonds is 10. The Bertz CT molecular complexity index is 909. The van der Waals surface area contributed by atoms with E-state index in [9.17, 15) is 9.59 Å². The second-order valence-electron chi connectivity index (χ2n) is 7.40. The van der Waals surface area contributed by atoms with Crippen LogP contribution in [0.1, 0.15) is 54.7 Å². The highest BCUT2D eigenvalue weighted by atomic mass is 16.2. The second-order valence-corrected chi connectivity index (χ2v) is 7.40. The van der Waals surface area contributed by atoms with Gasteiger partial charge in [0.2, 0.25) is 0 Å². The maximum Gasteiger partial charge on any atom is 0.321 e. The number of nitrogens with two attached hydrogens (primary N) is 1. The lowest BCUT2D eigenvalue weighted by atomic mass is 10.1. The van der Waals surface area contributed by atoms with Gasteiger partial charge in [0.15, 0.2) is 5.82 Å². The lowest BCUT2D eigenvalue weighted by Crippen LogP contribution is -2.33. The summed E-state index contributed by atoms with van der Waals surface area (Å²) >= 11 is 0. The van der Waals surface area contributed by atoms with Crippen LogP contribution in [0.5, 0.6) is 0 Å². The summed E-state index contributed by atoms with van der Waals surface area (Å²) in [7, 11) is 1.70. The summed E-state index contributed by atoms with van der Waals surface area (Å²) in [5.41, 5.74) is 7.90. The molecule has 0 unspecified atom stereocenters. The molecule has 1 heterocycles. The van der Waals surface area contributed by atoms with Crippen molar-refractivity contribution in [1.29, 1.82) is 5.26 Å². The fourth-order valence-corrected chi connectivity index (χ4v) is 3.25. The minimum atomic E-state index is -0.248. The number of hydrogen-bond donors (Lipinski definition) is 3. The summed E-state index contributed by atoms with van der Waals surface area (Å²) in [6.45, 7) is 6.07. The zero-order valence-electron chi connectivity index (χ0n) is 18.4. The zero-order chi connectivity index (χ0) is 22.8. The van der Waals surface area contributed by atoms with Crippen LogP contribution in [-0.2, 0) is 6.42 Å². The Balaban J connectivity index is 1.87. The van der Waals surface area contributed by atoms with Crippen LogP contribution in [0.4, 0.5) is 16.3 Å². The predicted molar refractivity (Wildman–Crippen MR) is 121 cm³/mol. The first-order valence-corrected chi connectivity index (χ1v) is 10.5. The van der Waals surface area contributed by atoms with Gasteiger partial charge in [-0.2, -0.15) is 10.4 Å². The molecule has 9 heteroatoms. The van der Waals surface area contributed by atoms with E-state index in [-0.39, 0.29) is 17.8 Å². The Hall–Kier alpha value is -3.54. The summed E-state index contributed by atoms with van der Waals surface area (Å²) in [5, 5.41) is 18.5. The van der Waals surface area contributed by atoms with Gasteiger partial charge in [-0.05, 0) is 49.9 Å². The number of nitriles is 1. The molecule has 0 aliphatic heterocycles. The highest BCUT2D eigenvalue weighted by Gasteiger charge is 2.15. The van der Waals surface area contributed by atoms with E-state index in [2.05, 4.69) is 29.4 Å². The van der Waals surface area contributed by atoms with Gasteiger partial charge in [-0.25, -0.2) is 4.79 Å². The number of hydrogen-bond acceptors (Lipinski definition) is 5.